The maximum Gasteiger partial charge on any atom is 0.237 e. The zero-order chi connectivity index (χ0) is 8.27. The average Bonchev–Trinajstić information content (AvgIpc) is 2.37. The first-order chi connectivity index (χ1) is 5.24. The molecule has 0 spiro atoms. The molecule has 0 saturated carbocycles. The normalized spacial score (nSPS) is 26.7. The molecule has 1 saturated heterocycles. The van der Waals surface area contributed by atoms with E-state index in [0.29, 0.717) is 6.04 Å². The average molecular weight is 156 g/mol. The van der Waals surface area contributed by atoms with Crippen molar-refractivity contribution in [1.82, 2.24) is 10.6 Å². The van der Waals surface area contributed by atoms with Crippen molar-refractivity contribution in [3.63, 3.8) is 0 Å². The second-order valence-corrected chi connectivity index (χ2v) is 3.11. The van der Waals surface area contributed by atoms with E-state index in [9.17, 15) is 4.79 Å². The summed E-state index contributed by atoms with van der Waals surface area (Å²) in [7, 11) is 0. The molecular formula is C8H16N2O. The van der Waals surface area contributed by atoms with Gasteiger partial charge >= 0.3 is 0 Å². The van der Waals surface area contributed by atoms with Gasteiger partial charge in [0.25, 0.3) is 0 Å². The Bertz CT molecular complexity index is 147. The molecule has 1 amide bonds. The van der Waals surface area contributed by atoms with Gasteiger partial charge in [-0.3, -0.25) is 4.79 Å². The van der Waals surface area contributed by atoms with Crippen LogP contribution in [0.4, 0.5) is 0 Å². The minimum absolute atomic E-state index is 0.0601. The zero-order valence-electron chi connectivity index (χ0n) is 7.18. The van der Waals surface area contributed by atoms with Crippen LogP contribution >= 0.6 is 0 Å². The number of amides is 1. The molecule has 3 nitrogen and oxygen atoms in total. The van der Waals surface area contributed by atoms with E-state index in [2.05, 4.69) is 24.5 Å². The van der Waals surface area contributed by atoms with Crippen molar-refractivity contribution in [2.45, 2.75) is 38.8 Å². The second kappa shape index (κ2) is 3.72. The smallest absolute Gasteiger partial charge is 0.237 e. The summed E-state index contributed by atoms with van der Waals surface area (Å²) in [4.78, 5) is 11.1. The Kier molecular flexibility index (Phi) is 2.88. The van der Waals surface area contributed by atoms with Crippen molar-refractivity contribution >= 4 is 5.91 Å². The molecule has 11 heavy (non-hydrogen) atoms. The summed E-state index contributed by atoms with van der Waals surface area (Å²) in [5, 5.41) is 6.06. The highest BCUT2D eigenvalue weighted by molar-refractivity contribution is 5.83. The Morgan fingerprint density at radius 3 is 3.00 bits per heavy atom. The van der Waals surface area contributed by atoms with Crippen LogP contribution in [-0.4, -0.2) is 24.5 Å². The van der Waals surface area contributed by atoms with Gasteiger partial charge in [-0.15, -0.1) is 0 Å². The van der Waals surface area contributed by atoms with Crippen LogP contribution < -0.4 is 10.6 Å². The second-order valence-electron chi connectivity index (χ2n) is 3.11. The molecule has 0 aromatic carbocycles. The molecule has 0 radical (unpaired) electrons. The Labute approximate surface area is 67.5 Å². The first kappa shape index (κ1) is 8.53. The Hall–Kier alpha value is -0.570. The van der Waals surface area contributed by atoms with Gasteiger partial charge in [-0.2, -0.15) is 0 Å². The first-order valence-electron chi connectivity index (χ1n) is 4.27. The van der Waals surface area contributed by atoms with Crippen molar-refractivity contribution in [2.75, 3.05) is 6.54 Å². The number of carbonyl (C=O) groups is 1. The number of carbonyl (C=O) groups excluding carboxylic acids is 1. The summed E-state index contributed by atoms with van der Waals surface area (Å²) in [6, 6.07) is 0.508. The van der Waals surface area contributed by atoms with Crippen LogP contribution in [0.5, 0.6) is 0 Å². The van der Waals surface area contributed by atoms with Gasteiger partial charge in [-0.1, -0.05) is 6.92 Å². The van der Waals surface area contributed by atoms with Crippen molar-refractivity contribution in [2.24, 2.45) is 0 Å². The highest BCUT2D eigenvalue weighted by Gasteiger charge is 2.24. The fourth-order valence-corrected chi connectivity index (χ4v) is 1.21. The molecule has 2 N–H and O–H groups in total. The quantitative estimate of drug-likeness (QED) is 0.615. The maximum atomic E-state index is 11.1. The van der Waals surface area contributed by atoms with E-state index in [1.807, 2.05) is 0 Å². The fourth-order valence-electron chi connectivity index (χ4n) is 1.21. The standard InChI is InChI=1S/C8H16N2O/c1-3-6(2)10-7-4-5-9-8(7)11/h6-7,10H,3-5H2,1-2H3,(H,9,11). The van der Waals surface area contributed by atoms with E-state index in [0.717, 1.165) is 19.4 Å². The summed E-state index contributed by atoms with van der Waals surface area (Å²) in [6.45, 7) is 5.04. The lowest BCUT2D eigenvalue weighted by atomic mass is 10.2. The molecule has 1 fully saturated rings. The molecule has 1 rings (SSSR count). The van der Waals surface area contributed by atoms with Gasteiger partial charge in [0.05, 0.1) is 6.04 Å². The van der Waals surface area contributed by atoms with Crippen molar-refractivity contribution in [3.8, 4) is 0 Å². The third kappa shape index (κ3) is 2.19. The molecule has 0 aliphatic carbocycles. The monoisotopic (exact) mass is 156 g/mol. The molecule has 0 bridgehead atoms. The van der Waals surface area contributed by atoms with E-state index >= 15 is 0 Å². The van der Waals surface area contributed by atoms with Crippen LogP contribution in [0.3, 0.4) is 0 Å². The predicted molar refractivity (Wildman–Crippen MR) is 44.3 cm³/mol. The summed E-state index contributed by atoms with van der Waals surface area (Å²) in [5.74, 6) is 0.158. The molecule has 3 heteroatoms. The number of nitrogens with one attached hydrogen (secondary N) is 2. The SMILES string of the molecule is CCC(C)NC1CCNC1=O. The van der Waals surface area contributed by atoms with Gasteiger partial charge in [0, 0.05) is 12.6 Å². The third-order valence-electron chi connectivity index (χ3n) is 2.15. The van der Waals surface area contributed by atoms with Crippen molar-refractivity contribution in [3.05, 3.63) is 0 Å². The lowest BCUT2D eigenvalue weighted by molar-refractivity contribution is -0.121. The van der Waals surface area contributed by atoms with Crippen LogP contribution in [0.15, 0.2) is 0 Å². The van der Waals surface area contributed by atoms with E-state index in [4.69, 9.17) is 0 Å². The Balaban J connectivity index is 2.30. The van der Waals surface area contributed by atoms with Gasteiger partial charge in [0.15, 0.2) is 0 Å². The van der Waals surface area contributed by atoms with E-state index < -0.39 is 0 Å². The summed E-state index contributed by atoms with van der Waals surface area (Å²) >= 11 is 0. The van der Waals surface area contributed by atoms with E-state index in [-0.39, 0.29) is 11.9 Å². The van der Waals surface area contributed by atoms with Gasteiger partial charge in [0.1, 0.15) is 0 Å². The molecule has 2 unspecified atom stereocenters. The summed E-state index contributed by atoms with van der Waals surface area (Å²) in [6.07, 6.45) is 2.01. The molecule has 1 aliphatic rings. The van der Waals surface area contributed by atoms with Gasteiger partial charge < -0.3 is 10.6 Å². The molecule has 1 aliphatic heterocycles. The number of hydrogen-bond acceptors (Lipinski definition) is 2. The van der Waals surface area contributed by atoms with Gasteiger partial charge in [0.2, 0.25) is 5.91 Å². The first-order valence-corrected chi connectivity index (χ1v) is 4.27. The van der Waals surface area contributed by atoms with Gasteiger partial charge in [-0.25, -0.2) is 0 Å². The number of hydrogen-bond donors (Lipinski definition) is 2. The van der Waals surface area contributed by atoms with Crippen LogP contribution in [0, 0.1) is 0 Å². The van der Waals surface area contributed by atoms with Crippen LogP contribution in [0.2, 0.25) is 0 Å². The number of rotatable bonds is 3. The summed E-state index contributed by atoms with van der Waals surface area (Å²) < 4.78 is 0. The molecule has 0 aromatic heterocycles. The highest BCUT2D eigenvalue weighted by Crippen LogP contribution is 2.01. The van der Waals surface area contributed by atoms with Crippen LogP contribution in [-0.2, 0) is 4.79 Å². The van der Waals surface area contributed by atoms with Crippen molar-refractivity contribution in [1.29, 1.82) is 0 Å². The lowest BCUT2D eigenvalue weighted by Crippen LogP contribution is -2.41. The van der Waals surface area contributed by atoms with E-state index in [1.54, 1.807) is 0 Å². The zero-order valence-corrected chi connectivity index (χ0v) is 7.18. The van der Waals surface area contributed by atoms with Crippen LogP contribution in [0.25, 0.3) is 0 Å². The maximum absolute atomic E-state index is 11.1. The molecule has 64 valence electrons. The molecule has 2 atom stereocenters. The minimum atomic E-state index is 0.0601. The van der Waals surface area contributed by atoms with Crippen LogP contribution in [0.1, 0.15) is 26.7 Å². The molecule has 0 aromatic rings. The fraction of sp³-hybridized carbons (Fsp3) is 0.875. The molecular weight excluding hydrogens is 140 g/mol. The highest BCUT2D eigenvalue weighted by atomic mass is 16.2. The Morgan fingerprint density at radius 2 is 2.55 bits per heavy atom. The van der Waals surface area contributed by atoms with Crippen molar-refractivity contribution < 1.29 is 4.79 Å². The lowest BCUT2D eigenvalue weighted by Gasteiger charge is -2.15. The predicted octanol–water partition coefficient (Wildman–Crippen LogP) is 0.263. The Morgan fingerprint density at radius 1 is 1.82 bits per heavy atom. The summed E-state index contributed by atoms with van der Waals surface area (Å²) in [5.41, 5.74) is 0. The van der Waals surface area contributed by atoms with Gasteiger partial charge in [-0.05, 0) is 19.8 Å². The topological polar surface area (TPSA) is 41.1 Å². The largest absolute Gasteiger partial charge is 0.355 e. The molecule has 1 heterocycles. The minimum Gasteiger partial charge on any atom is -0.355 e. The van der Waals surface area contributed by atoms with E-state index in [1.165, 1.54) is 0 Å². The third-order valence-corrected chi connectivity index (χ3v) is 2.15.